The van der Waals surface area contributed by atoms with Crippen LogP contribution >= 0.6 is 12.6 Å². The van der Waals surface area contributed by atoms with Gasteiger partial charge in [-0.2, -0.15) is 0 Å². The average Bonchev–Trinajstić information content (AvgIpc) is 2.76. The molecule has 2 rings (SSSR count). The SMILES string of the molecule is CC1(C(N)=O)CCN(C(=O)c2cc(S)ccc2F)C1. The second-order valence-electron chi connectivity index (χ2n) is 5.07. The maximum atomic E-state index is 13.7. The number of hydrogen-bond acceptors (Lipinski definition) is 3. The van der Waals surface area contributed by atoms with E-state index in [0.717, 1.165) is 0 Å². The van der Waals surface area contributed by atoms with E-state index in [1.807, 2.05) is 0 Å². The minimum absolute atomic E-state index is 0.0266. The molecule has 1 atom stereocenters. The fraction of sp³-hybridized carbons (Fsp3) is 0.385. The zero-order valence-corrected chi connectivity index (χ0v) is 11.4. The van der Waals surface area contributed by atoms with Crippen LogP contribution in [0.2, 0.25) is 0 Å². The molecule has 4 nitrogen and oxygen atoms in total. The molecule has 1 aliphatic rings. The van der Waals surface area contributed by atoms with Crippen LogP contribution in [0.3, 0.4) is 0 Å². The van der Waals surface area contributed by atoms with Crippen molar-refractivity contribution in [2.45, 2.75) is 18.2 Å². The first-order valence-corrected chi connectivity index (χ1v) is 6.36. The number of carbonyl (C=O) groups is 2. The van der Waals surface area contributed by atoms with Crippen molar-refractivity contribution in [1.82, 2.24) is 4.90 Å². The summed E-state index contributed by atoms with van der Waals surface area (Å²) in [7, 11) is 0. The van der Waals surface area contributed by atoms with Crippen LogP contribution in [-0.4, -0.2) is 29.8 Å². The Hall–Kier alpha value is -1.56. The van der Waals surface area contributed by atoms with Crippen LogP contribution in [-0.2, 0) is 4.79 Å². The minimum Gasteiger partial charge on any atom is -0.369 e. The lowest BCUT2D eigenvalue weighted by Crippen LogP contribution is -2.38. The highest BCUT2D eigenvalue weighted by Gasteiger charge is 2.41. The number of rotatable bonds is 2. The summed E-state index contributed by atoms with van der Waals surface area (Å²) in [6, 6.07) is 4.08. The first-order valence-electron chi connectivity index (χ1n) is 5.91. The first-order chi connectivity index (χ1) is 8.83. The number of halogens is 1. The number of likely N-dealkylation sites (tertiary alicyclic amines) is 1. The van der Waals surface area contributed by atoms with E-state index >= 15 is 0 Å². The highest BCUT2D eigenvalue weighted by molar-refractivity contribution is 7.80. The molecule has 2 amide bonds. The summed E-state index contributed by atoms with van der Waals surface area (Å²) in [5.41, 5.74) is 4.57. The highest BCUT2D eigenvalue weighted by Crippen LogP contribution is 2.30. The van der Waals surface area contributed by atoms with E-state index in [2.05, 4.69) is 12.6 Å². The Labute approximate surface area is 116 Å². The van der Waals surface area contributed by atoms with Gasteiger partial charge in [-0.1, -0.05) is 0 Å². The van der Waals surface area contributed by atoms with Crippen molar-refractivity contribution in [3.8, 4) is 0 Å². The van der Waals surface area contributed by atoms with Gasteiger partial charge in [0.1, 0.15) is 5.82 Å². The summed E-state index contributed by atoms with van der Waals surface area (Å²) in [6.45, 7) is 2.33. The molecule has 0 spiro atoms. The third kappa shape index (κ3) is 2.58. The molecule has 0 aromatic heterocycles. The van der Waals surface area contributed by atoms with Gasteiger partial charge in [0.15, 0.2) is 0 Å². The molecule has 0 radical (unpaired) electrons. The number of thiol groups is 1. The van der Waals surface area contributed by atoms with Gasteiger partial charge in [0.05, 0.1) is 11.0 Å². The van der Waals surface area contributed by atoms with Gasteiger partial charge in [0.25, 0.3) is 5.91 Å². The van der Waals surface area contributed by atoms with Gasteiger partial charge in [-0.25, -0.2) is 4.39 Å². The fourth-order valence-corrected chi connectivity index (χ4v) is 2.39. The van der Waals surface area contributed by atoms with Gasteiger partial charge in [-0.05, 0) is 31.5 Å². The standard InChI is InChI=1S/C13H15FN2O2S/c1-13(12(15)18)4-5-16(7-13)11(17)9-6-8(19)2-3-10(9)14/h2-3,6,19H,4-5,7H2,1H3,(H2,15,18). The molecule has 1 saturated heterocycles. The molecule has 1 aliphatic heterocycles. The minimum atomic E-state index is -0.731. The molecular weight excluding hydrogens is 267 g/mol. The molecule has 0 aliphatic carbocycles. The Kier molecular flexibility index (Phi) is 3.54. The molecule has 0 bridgehead atoms. The van der Waals surface area contributed by atoms with Crippen molar-refractivity contribution in [2.24, 2.45) is 11.1 Å². The van der Waals surface area contributed by atoms with Crippen molar-refractivity contribution in [2.75, 3.05) is 13.1 Å². The number of nitrogens with two attached hydrogens (primary N) is 1. The second kappa shape index (κ2) is 4.85. The van der Waals surface area contributed by atoms with Gasteiger partial charge in [-0.15, -0.1) is 12.6 Å². The van der Waals surface area contributed by atoms with Crippen molar-refractivity contribution in [3.63, 3.8) is 0 Å². The third-order valence-electron chi connectivity index (χ3n) is 3.54. The smallest absolute Gasteiger partial charge is 0.256 e. The first kappa shape index (κ1) is 13.9. The van der Waals surface area contributed by atoms with Gasteiger partial charge in [-0.3, -0.25) is 9.59 Å². The monoisotopic (exact) mass is 282 g/mol. The summed E-state index contributed by atoms with van der Waals surface area (Å²) in [4.78, 5) is 25.5. The van der Waals surface area contributed by atoms with E-state index in [9.17, 15) is 14.0 Å². The molecular formula is C13H15FN2O2S. The highest BCUT2D eigenvalue weighted by atomic mass is 32.1. The van der Waals surface area contributed by atoms with Gasteiger partial charge in [0, 0.05) is 18.0 Å². The lowest BCUT2D eigenvalue weighted by atomic mass is 9.89. The number of carbonyl (C=O) groups excluding carboxylic acids is 2. The Morgan fingerprint density at radius 3 is 2.74 bits per heavy atom. The lowest BCUT2D eigenvalue weighted by molar-refractivity contribution is -0.126. The van der Waals surface area contributed by atoms with Gasteiger partial charge in [0.2, 0.25) is 5.91 Å². The maximum Gasteiger partial charge on any atom is 0.256 e. The van der Waals surface area contributed by atoms with E-state index in [4.69, 9.17) is 5.73 Å². The number of nitrogens with zero attached hydrogens (tertiary/aromatic N) is 1. The predicted octanol–water partition coefficient (Wildman–Crippen LogP) is 1.45. The fourth-order valence-electron chi connectivity index (χ4n) is 2.18. The van der Waals surface area contributed by atoms with Crippen LogP contribution in [0.1, 0.15) is 23.7 Å². The topological polar surface area (TPSA) is 63.4 Å². The van der Waals surface area contributed by atoms with Crippen molar-refractivity contribution >= 4 is 24.4 Å². The average molecular weight is 282 g/mol. The van der Waals surface area contributed by atoms with E-state index < -0.39 is 23.0 Å². The quantitative estimate of drug-likeness (QED) is 0.806. The number of amides is 2. The van der Waals surface area contributed by atoms with Crippen LogP contribution in [0.15, 0.2) is 23.1 Å². The van der Waals surface area contributed by atoms with E-state index in [0.29, 0.717) is 17.9 Å². The molecule has 1 heterocycles. The van der Waals surface area contributed by atoms with E-state index in [1.54, 1.807) is 6.92 Å². The van der Waals surface area contributed by atoms with Crippen LogP contribution in [0.25, 0.3) is 0 Å². The molecule has 1 aromatic carbocycles. The zero-order valence-electron chi connectivity index (χ0n) is 10.5. The van der Waals surface area contributed by atoms with Crippen molar-refractivity contribution in [3.05, 3.63) is 29.6 Å². The number of primary amides is 1. The Morgan fingerprint density at radius 1 is 1.47 bits per heavy atom. The van der Waals surface area contributed by atoms with Crippen molar-refractivity contribution in [1.29, 1.82) is 0 Å². The van der Waals surface area contributed by atoms with Crippen LogP contribution in [0.5, 0.6) is 0 Å². The van der Waals surface area contributed by atoms with E-state index in [1.165, 1.54) is 23.1 Å². The second-order valence-corrected chi connectivity index (χ2v) is 5.58. The third-order valence-corrected chi connectivity index (χ3v) is 3.81. The largest absolute Gasteiger partial charge is 0.369 e. The molecule has 0 saturated carbocycles. The normalized spacial score (nSPS) is 22.6. The van der Waals surface area contributed by atoms with Gasteiger partial charge < -0.3 is 10.6 Å². The lowest BCUT2D eigenvalue weighted by Gasteiger charge is -2.21. The number of benzene rings is 1. The Balaban J connectivity index is 2.22. The molecule has 1 fully saturated rings. The summed E-state index contributed by atoms with van der Waals surface area (Å²) in [5, 5.41) is 0. The van der Waals surface area contributed by atoms with Crippen LogP contribution in [0, 0.1) is 11.2 Å². The molecule has 19 heavy (non-hydrogen) atoms. The van der Waals surface area contributed by atoms with Crippen LogP contribution < -0.4 is 5.73 Å². The maximum absolute atomic E-state index is 13.7. The molecule has 102 valence electrons. The summed E-state index contributed by atoms with van der Waals surface area (Å²) in [5.74, 6) is -1.46. The summed E-state index contributed by atoms with van der Waals surface area (Å²) >= 11 is 4.09. The predicted molar refractivity (Wildman–Crippen MR) is 71.5 cm³/mol. The van der Waals surface area contributed by atoms with Crippen LogP contribution in [0.4, 0.5) is 4.39 Å². The molecule has 2 N–H and O–H groups in total. The Morgan fingerprint density at radius 2 is 2.16 bits per heavy atom. The molecule has 1 aromatic rings. The van der Waals surface area contributed by atoms with Crippen molar-refractivity contribution < 1.29 is 14.0 Å². The summed E-state index contributed by atoms with van der Waals surface area (Å²) in [6.07, 6.45) is 0.496. The molecule has 1 unspecified atom stereocenters. The Bertz CT molecular complexity index is 549. The molecule has 6 heteroatoms. The van der Waals surface area contributed by atoms with Gasteiger partial charge >= 0.3 is 0 Å². The number of hydrogen-bond donors (Lipinski definition) is 2. The summed E-state index contributed by atoms with van der Waals surface area (Å²) < 4.78 is 13.7. The van der Waals surface area contributed by atoms with E-state index in [-0.39, 0.29) is 12.1 Å². The zero-order chi connectivity index (χ0) is 14.2.